The highest BCUT2D eigenvalue weighted by Crippen LogP contribution is 2.21. The molecule has 0 aliphatic carbocycles. The predicted octanol–water partition coefficient (Wildman–Crippen LogP) is 1.76. The van der Waals surface area contributed by atoms with E-state index in [-0.39, 0.29) is 6.10 Å². The topological polar surface area (TPSA) is 63.9 Å². The summed E-state index contributed by atoms with van der Waals surface area (Å²) in [4.78, 5) is 6.62. The summed E-state index contributed by atoms with van der Waals surface area (Å²) < 4.78 is 13.5. The molecule has 1 aromatic carbocycles. The fourth-order valence-corrected chi connectivity index (χ4v) is 2.95. The second kappa shape index (κ2) is 8.71. The molecule has 2 aromatic rings. The number of hydrogen-bond acceptors (Lipinski definition) is 4. The van der Waals surface area contributed by atoms with Crippen molar-refractivity contribution >= 4 is 5.96 Å². The number of benzene rings is 1. The van der Waals surface area contributed by atoms with Crippen LogP contribution in [0.25, 0.3) is 0 Å². The molecule has 1 unspecified atom stereocenters. The summed E-state index contributed by atoms with van der Waals surface area (Å²) in [6, 6.07) is 8.08. The minimum atomic E-state index is 0.0137. The molecular weight excluding hydrogens is 330 g/mol. The van der Waals surface area contributed by atoms with Crippen LogP contribution in [0, 0.1) is 6.92 Å². The largest absolute Gasteiger partial charge is 0.492 e. The third-order valence-corrected chi connectivity index (χ3v) is 4.35. The maximum atomic E-state index is 5.89. The van der Waals surface area contributed by atoms with E-state index in [4.69, 9.17) is 9.47 Å². The molecule has 7 nitrogen and oxygen atoms in total. The number of aryl methyl sites for hydroxylation is 2. The Labute approximate surface area is 154 Å². The third-order valence-electron chi connectivity index (χ3n) is 4.35. The Bertz CT molecular complexity index is 726. The molecule has 1 fully saturated rings. The van der Waals surface area contributed by atoms with E-state index in [2.05, 4.69) is 27.2 Å². The third kappa shape index (κ3) is 4.76. The molecule has 140 valence electrons. The number of nitrogens with zero attached hydrogens (tertiary/aromatic N) is 4. The van der Waals surface area contributed by atoms with Gasteiger partial charge >= 0.3 is 0 Å². The van der Waals surface area contributed by atoms with Crippen molar-refractivity contribution in [2.75, 3.05) is 39.9 Å². The zero-order valence-electron chi connectivity index (χ0n) is 15.7. The van der Waals surface area contributed by atoms with Gasteiger partial charge in [0, 0.05) is 32.4 Å². The molecule has 0 spiro atoms. The number of guanidine groups is 1. The first-order chi connectivity index (χ1) is 12.7. The van der Waals surface area contributed by atoms with E-state index >= 15 is 0 Å². The summed E-state index contributed by atoms with van der Waals surface area (Å²) in [5, 5.41) is 7.61. The van der Waals surface area contributed by atoms with Gasteiger partial charge in [0.25, 0.3) is 0 Å². The predicted molar refractivity (Wildman–Crippen MR) is 102 cm³/mol. The number of aliphatic imine (C=N–C) groups is 1. The summed E-state index contributed by atoms with van der Waals surface area (Å²) >= 11 is 0. The van der Waals surface area contributed by atoms with E-state index < -0.39 is 0 Å². The first kappa shape index (κ1) is 18.3. The molecule has 7 heteroatoms. The zero-order chi connectivity index (χ0) is 18.4. The van der Waals surface area contributed by atoms with Crippen molar-refractivity contribution in [3.05, 3.63) is 47.8 Å². The molecule has 3 rings (SSSR count). The smallest absolute Gasteiger partial charge is 0.193 e. The highest BCUT2D eigenvalue weighted by Gasteiger charge is 2.24. The SMILES string of the molecule is CN=C(NCCOc1ccc(C)cc1)N1CCOC(c2cnn(C)c2)C1. The fourth-order valence-electron chi connectivity index (χ4n) is 2.95. The molecule has 0 radical (unpaired) electrons. The normalized spacial score (nSPS) is 18.0. The molecule has 1 N–H and O–H groups in total. The van der Waals surface area contributed by atoms with Gasteiger partial charge in [0.05, 0.1) is 25.9 Å². The summed E-state index contributed by atoms with van der Waals surface area (Å²) in [5.41, 5.74) is 2.32. The lowest BCUT2D eigenvalue weighted by atomic mass is 10.1. The second-order valence-electron chi connectivity index (χ2n) is 6.39. The maximum absolute atomic E-state index is 5.89. The van der Waals surface area contributed by atoms with Gasteiger partial charge in [-0.05, 0) is 19.1 Å². The lowest BCUT2D eigenvalue weighted by molar-refractivity contribution is -0.00805. The van der Waals surface area contributed by atoms with Crippen LogP contribution in [0.15, 0.2) is 41.7 Å². The van der Waals surface area contributed by atoms with Crippen molar-refractivity contribution in [3.63, 3.8) is 0 Å². The monoisotopic (exact) mass is 357 g/mol. The van der Waals surface area contributed by atoms with Crippen LogP contribution in [0.1, 0.15) is 17.2 Å². The Balaban J connectivity index is 1.48. The molecule has 0 amide bonds. The first-order valence-corrected chi connectivity index (χ1v) is 8.91. The molecule has 1 atom stereocenters. The minimum absolute atomic E-state index is 0.0137. The van der Waals surface area contributed by atoms with E-state index in [1.807, 2.05) is 43.7 Å². The average Bonchev–Trinajstić information content (AvgIpc) is 3.10. The van der Waals surface area contributed by atoms with Gasteiger partial charge in [-0.1, -0.05) is 17.7 Å². The standard InChI is InChI=1S/C19H27N5O2/c1-15-4-6-17(7-5-15)25-10-8-21-19(20-2)24-9-11-26-18(14-24)16-12-22-23(3)13-16/h4-7,12-13,18H,8-11,14H2,1-3H3,(H,20,21). The van der Waals surface area contributed by atoms with Gasteiger partial charge in [0.2, 0.25) is 0 Å². The van der Waals surface area contributed by atoms with E-state index in [0.717, 1.165) is 30.4 Å². The van der Waals surface area contributed by atoms with Gasteiger partial charge in [0.15, 0.2) is 5.96 Å². The van der Waals surface area contributed by atoms with Gasteiger partial charge in [-0.15, -0.1) is 0 Å². The molecule has 1 aromatic heterocycles. The van der Waals surface area contributed by atoms with Crippen LogP contribution in [0.4, 0.5) is 0 Å². The van der Waals surface area contributed by atoms with Crippen LogP contribution < -0.4 is 10.1 Å². The van der Waals surface area contributed by atoms with Crippen molar-refractivity contribution in [3.8, 4) is 5.75 Å². The average molecular weight is 357 g/mol. The van der Waals surface area contributed by atoms with Gasteiger partial charge < -0.3 is 19.7 Å². The van der Waals surface area contributed by atoms with E-state index in [9.17, 15) is 0 Å². The van der Waals surface area contributed by atoms with Crippen LogP contribution >= 0.6 is 0 Å². The summed E-state index contributed by atoms with van der Waals surface area (Å²) in [5.74, 6) is 1.75. The van der Waals surface area contributed by atoms with Crippen LogP contribution in [0.3, 0.4) is 0 Å². The molecule has 0 saturated carbocycles. The van der Waals surface area contributed by atoms with E-state index in [1.54, 1.807) is 11.7 Å². The molecular formula is C19H27N5O2. The molecule has 2 heterocycles. The van der Waals surface area contributed by atoms with Crippen LogP contribution in [0.2, 0.25) is 0 Å². The van der Waals surface area contributed by atoms with E-state index in [1.165, 1.54) is 5.56 Å². The van der Waals surface area contributed by atoms with Crippen molar-refractivity contribution < 1.29 is 9.47 Å². The summed E-state index contributed by atoms with van der Waals surface area (Å²) in [6.45, 7) is 5.57. The van der Waals surface area contributed by atoms with Crippen molar-refractivity contribution in [2.24, 2.45) is 12.0 Å². The van der Waals surface area contributed by atoms with Crippen LogP contribution in [0.5, 0.6) is 5.75 Å². The summed E-state index contributed by atoms with van der Waals surface area (Å²) in [7, 11) is 3.72. The number of ether oxygens (including phenoxy) is 2. The Morgan fingerprint density at radius 3 is 2.88 bits per heavy atom. The number of hydrogen-bond donors (Lipinski definition) is 1. The highest BCUT2D eigenvalue weighted by atomic mass is 16.5. The quantitative estimate of drug-likeness (QED) is 0.502. The first-order valence-electron chi connectivity index (χ1n) is 8.91. The van der Waals surface area contributed by atoms with Gasteiger partial charge in [-0.3, -0.25) is 9.67 Å². The molecule has 0 bridgehead atoms. The lowest BCUT2D eigenvalue weighted by Crippen LogP contribution is -2.48. The van der Waals surface area contributed by atoms with Crippen molar-refractivity contribution in [1.29, 1.82) is 0 Å². The van der Waals surface area contributed by atoms with E-state index in [0.29, 0.717) is 19.8 Å². The van der Waals surface area contributed by atoms with Gasteiger partial charge in [-0.2, -0.15) is 5.10 Å². The lowest BCUT2D eigenvalue weighted by Gasteiger charge is -2.34. The fraction of sp³-hybridized carbons (Fsp3) is 0.474. The van der Waals surface area contributed by atoms with Crippen molar-refractivity contribution in [2.45, 2.75) is 13.0 Å². The Hall–Kier alpha value is -2.54. The highest BCUT2D eigenvalue weighted by molar-refractivity contribution is 5.80. The Morgan fingerprint density at radius 1 is 1.38 bits per heavy atom. The second-order valence-corrected chi connectivity index (χ2v) is 6.39. The molecule has 1 saturated heterocycles. The number of aromatic nitrogens is 2. The number of nitrogens with one attached hydrogen (secondary N) is 1. The maximum Gasteiger partial charge on any atom is 0.193 e. The summed E-state index contributed by atoms with van der Waals surface area (Å²) in [6.07, 6.45) is 3.87. The van der Waals surface area contributed by atoms with Crippen molar-refractivity contribution in [1.82, 2.24) is 20.0 Å². The van der Waals surface area contributed by atoms with Gasteiger partial charge in [0.1, 0.15) is 18.5 Å². The van der Waals surface area contributed by atoms with Gasteiger partial charge in [-0.25, -0.2) is 0 Å². The number of rotatable bonds is 5. The minimum Gasteiger partial charge on any atom is -0.492 e. The Morgan fingerprint density at radius 2 is 2.19 bits per heavy atom. The zero-order valence-corrected chi connectivity index (χ0v) is 15.7. The Kier molecular flexibility index (Phi) is 6.12. The molecule has 1 aliphatic heterocycles. The van der Waals surface area contributed by atoms with Crippen LogP contribution in [-0.4, -0.2) is 60.5 Å². The molecule has 26 heavy (non-hydrogen) atoms. The number of morpholine rings is 1. The van der Waals surface area contributed by atoms with Crippen LogP contribution in [-0.2, 0) is 11.8 Å². The molecule has 1 aliphatic rings.